The molecule has 2 heterocycles. The molecule has 3 rings (SSSR count). The normalized spacial score (nSPS) is 20.3. The standard InChI is InChI=1S/C15H18BNO2S/c1-14(2)15(3,4)19-16(18-14)12-7-5-6-11(10-12)13-17-8-9-20-13/h5-10H,1-4H3. The van der Waals surface area contributed by atoms with Crippen molar-refractivity contribution < 1.29 is 9.31 Å². The van der Waals surface area contributed by atoms with Crippen LogP contribution in [0.2, 0.25) is 0 Å². The number of hydrogen-bond donors (Lipinski definition) is 0. The van der Waals surface area contributed by atoms with Crippen molar-refractivity contribution in [2.24, 2.45) is 0 Å². The molecule has 1 saturated heterocycles. The van der Waals surface area contributed by atoms with Crippen molar-refractivity contribution >= 4 is 23.9 Å². The quantitative estimate of drug-likeness (QED) is 0.795. The number of rotatable bonds is 2. The van der Waals surface area contributed by atoms with Gasteiger partial charge in [-0.2, -0.15) is 0 Å². The molecule has 1 aliphatic heterocycles. The summed E-state index contributed by atoms with van der Waals surface area (Å²) in [7, 11) is -0.320. The van der Waals surface area contributed by atoms with Crippen LogP contribution in [0, 0.1) is 0 Å². The van der Waals surface area contributed by atoms with Gasteiger partial charge in [0.2, 0.25) is 0 Å². The third kappa shape index (κ3) is 2.30. The van der Waals surface area contributed by atoms with E-state index in [4.69, 9.17) is 9.31 Å². The number of thiazole rings is 1. The van der Waals surface area contributed by atoms with E-state index in [-0.39, 0.29) is 18.3 Å². The highest BCUT2D eigenvalue weighted by molar-refractivity contribution is 7.13. The van der Waals surface area contributed by atoms with Crippen LogP contribution < -0.4 is 5.46 Å². The Morgan fingerprint density at radius 3 is 2.40 bits per heavy atom. The summed E-state index contributed by atoms with van der Waals surface area (Å²) in [6, 6.07) is 8.23. The van der Waals surface area contributed by atoms with Crippen LogP contribution in [0.1, 0.15) is 27.7 Å². The second kappa shape index (κ2) is 4.69. The lowest BCUT2D eigenvalue weighted by Crippen LogP contribution is -2.41. The summed E-state index contributed by atoms with van der Waals surface area (Å²) >= 11 is 1.63. The van der Waals surface area contributed by atoms with E-state index in [2.05, 4.69) is 44.8 Å². The molecule has 0 N–H and O–H groups in total. The van der Waals surface area contributed by atoms with Gasteiger partial charge < -0.3 is 9.31 Å². The van der Waals surface area contributed by atoms with Crippen LogP contribution in [-0.2, 0) is 9.31 Å². The van der Waals surface area contributed by atoms with Crippen LogP contribution in [0.25, 0.3) is 10.6 Å². The van der Waals surface area contributed by atoms with Crippen LogP contribution in [-0.4, -0.2) is 23.3 Å². The van der Waals surface area contributed by atoms with Gasteiger partial charge in [0.25, 0.3) is 0 Å². The summed E-state index contributed by atoms with van der Waals surface area (Å²) in [4.78, 5) is 4.35. The van der Waals surface area contributed by atoms with Gasteiger partial charge in [-0.3, -0.25) is 0 Å². The minimum Gasteiger partial charge on any atom is -0.399 e. The van der Waals surface area contributed by atoms with E-state index >= 15 is 0 Å². The first-order valence-electron chi connectivity index (χ1n) is 6.74. The van der Waals surface area contributed by atoms with Crippen molar-refractivity contribution in [2.45, 2.75) is 38.9 Å². The average Bonchev–Trinajstić information content (AvgIpc) is 2.97. The highest BCUT2D eigenvalue weighted by Crippen LogP contribution is 2.36. The predicted octanol–water partition coefficient (Wildman–Crippen LogP) is 3.11. The summed E-state index contributed by atoms with van der Waals surface area (Å²) in [5.41, 5.74) is 1.52. The first-order valence-corrected chi connectivity index (χ1v) is 7.62. The summed E-state index contributed by atoms with van der Waals surface area (Å²) in [5, 5.41) is 3.00. The molecule has 0 saturated carbocycles. The molecular weight excluding hydrogens is 269 g/mol. The molecule has 1 fully saturated rings. The van der Waals surface area contributed by atoms with E-state index in [1.165, 1.54) is 0 Å². The summed E-state index contributed by atoms with van der Waals surface area (Å²) in [5.74, 6) is 0. The van der Waals surface area contributed by atoms with Crippen LogP contribution in [0.15, 0.2) is 35.8 Å². The third-order valence-corrected chi connectivity index (χ3v) is 4.91. The van der Waals surface area contributed by atoms with Crippen molar-refractivity contribution in [3.05, 3.63) is 35.8 Å². The largest absolute Gasteiger partial charge is 0.494 e. The molecule has 5 heteroatoms. The fraction of sp³-hybridized carbons (Fsp3) is 0.400. The van der Waals surface area contributed by atoms with Crippen LogP contribution in [0.5, 0.6) is 0 Å². The third-order valence-electron chi connectivity index (χ3n) is 4.09. The molecule has 0 aliphatic carbocycles. The minimum atomic E-state index is -0.320. The number of aromatic nitrogens is 1. The smallest absolute Gasteiger partial charge is 0.399 e. The Balaban J connectivity index is 1.91. The fourth-order valence-electron chi connectivity index (χ4n) is 2.16. The zero-order valence-electron chi connectivity index (χ0n) is 12.2. The van der Waals surface area contributed by atoms with Gasteiger partial charge in [-0.1, -0.05) is 24.3 Å². The van der Waals surface area contributed by atoms with Gasteiger partial charge in [0.15, 0.2) is 0 Å². The lowest BCUT2D eigenvalue weighted by Gasteiger charge is -2.32. The molecule has 1 aliphatic rings. The van der Waals surface area contributed by atoms with Crippen LogP contribution in [0.4, 0.5) is 0 Å². The summed E-state index contributed by atoms with van der Waals surface area (Å²) in [6.45, 7) is 8.27. The topological polar surface area (TPSA) is 31.4 Å². The van der Waals surface area contributed by atoms with E-state index in [0.717, 1.165) is 16.0 Å². The molecule has 1 aromatic carbocycles. The number of hydrogen-bond acceptors (Lipinski definition) is 4. The monoisotopic (exact) mass is 287 g/mol. The Morgan fingerprint density at radius 1 is 1.10 bits per heavy atom. The molecule has 3 nitrogen and oxygen atoms in total. The molecule has 0 bridgehead atoms. The lowest BCUT2D eigenvalue weighted by atomic mass is 9.78. The van der Waals surface area contributed by atoms with Crippen molar-refractivity contribution in [1.29, 1.82) is 0 Å². The lowest BCUT2D eigenvalue weighted by molar-refractivity contribution is 0.00578. The molecule has 0 atom stereocenters. The van der Waals surface area contributed by atoms with Gasteiger partial charge in [-0.05, 0) is 33.2 Å². The molecule has 20 heavy (non-hydrogen) atoms. The maximum atomic E-state index is 6.08. The minimum absolute atomic E-state index is 0.311. The molecule has 104 valence electrons. The van der Waals surface area contributed by atoms with E-state index in [1.807, 2.05) is 23.7 Å². The predicted molar refractivity (Wildman–Crippen MR) is 83.3 cm³/mol. The highest BCUT2D eigenvalue weighted by Gasteiger charge is 2.51. The maximum absolute atomic E-state index is 6.08. The van der Waals surface area contributed by atoms with Gasteiger partial charge in [0.05, 0.1) is 11.2 Å². The van der Waals surface area contributed by atoms with Crippen molar-refractivity contribution in [1.82, 2.24) is 4.98 Å². The first-order chi connectivity index (χ1) is 9.39. The van der Waals surface area contributed by atoms with Crippen molar-refractivity contribution in [3.8, 4) is 10.6 Å². The summed E-state index contributed by atoms with van der Waals surface area (Å²) in [6.07, 6.45) is 1.82. The van der Waals surface area contributed by atoms with Crippen molar-refractivity contribution in [2.75, 3.05) is 0 Å². The Labute approximate surface area is 124 Å². The van der Waals surface area contributed by atoms with Crippen LogP contribution >= 0.6 is 11.3 Å². The number of nitrogens with zero attached hydrogens (tertiary/aromatic N) is 1. The fourth-order valence-corrected chi connectivity index (χ4v) is 2.80. The Hall–Kier alpha value is -1.17. The summed E-state index contributed by atoms with van der Waals surface area (Å²) < 4.78 is 12.2. The van der Waals surface area contributed by atoms with Gasteiger partial charge >= 0.3 is 7.12 Å². The Kier molecular flexibility index (Phi) is 3.24. The highest BCUT2D eigenvalue weighted by atomic mass is 32.1. The van der Waals surface area contributed by atoms with E-state index < -0.39 is 0 Å². The zero-order valence-corrected chi connectivity index (χ0v) is 13.0. The van der Waals surface area contributed by atoms with Crippen molar-refractivity contribution in [3.63, 3.8) is 0 Å². The zero-order chi connectivity index (χ0) is 14.4. The van der Waals surface area contributed by atoms with Gasteiger partial charge in [0, 0.05) is 17.1 Å². The first kappa shape index (κ1) is 13.8. The van der Waals surface area contributed by atoms with Crippen LogP contribution in [0.3, 0.4) is 0 Å². The van der Waals surface area contributed by atoms with Gasteiger partial charge in [-0.25, -0.2) is 4.98 Å². The Morgan fingerprint density at radius 2 is 1.80 bits per heavy atom. The van der Waals surface area contributed by atoms with Gasteiger partial charge in [0.1, 0.15) is 5.01 Å². The van der Waals surface area contributed by atoms with Gasteiger partial charge in [-0.15, -0.1) is 11.3 Å². The van der Waals surface area contributed by atoms with E-state index in [9.17, 15) is 0 Å². The van der Waals surface area contributed by atoms with E-state index in [0.29, 0.717) is 0 Å². The molecule has 1 aromatic heterocycles. The SMILES string of the molecule is CC1(C)OB(c2cccc(-c3nccs3)c2)OC1(C)C. The second-order valence-electron chi connectivity index (χ2n) is 6.05. The Bertz CT molecular complexity index is 594. The second-order valence-corrected chi connectivity index (χ2v) is 6.95. The molecule has 0 unspecified atom stereocenters. The maximum Gasteiger partial charge on any atom is 0.494 e. The molecule has 0 spiro atoms. The molecule has 0 amide bonds. The molecule has 2 aromatic rings. The van der Waals surface area contributed by atoms with E-state index in [1.54, 1.807) is 11.3 Å². The molecular formula is C15H18BNO2S. The number of benzene rings is 1. The molecule has 0 radical (unpaired) electrons. The average molecular weight is 287 g/mol.